The molecule has 0 unspecified atom stereocenters. The van der Waals surface area contributed by atoms with E-state index in [0.29, 0.717) is 18.0 Å². The van der Waals surface area contributed by atoms with Gasteiger partial charge in [0.05, 0.1) is 17.3 Å². The maximum atomic E-state index is 11.4. The van der Waals surface area contributed by atoms with Gasteiger partial charge in [0, 0.05) is 24.0 Å². The van der Waals surface area contributed by atoms with Gasteiger partial charge in [0.15, 0.2) is 0 Å². The summed E-state index contributed by atoms with van der Waals surface area (Å²) in [5.41, 5.74) is 2.61. The van der Waals surface area contributed by atoms with Gasteiger partial charge in [0.1, 0.15) is 0 Å². The Balaban J connectivity index is 2.06. The minimum Gasteiger partial charge on any atom is -0.378 e. The van der Waals surface area contributed by atoms with E-state index in [-0.39, 0.29) is 5.91 Å². The maximum Gasteiger partial charge on any atom is 0.224 e. The van der Waals surface area contributed by atoms with Crippen LogP contribution in [0, 0.1) is 0 Å². The zero-order valence-corrected chi connectivity index (χ0v) is 11.4. The van der Waals surface area contributed by atoms with Crippen molar-refractivity contribution in [3.63, 3.8) is 0 Å². The molecule has 1 aromatic heterocycles. The zero-order chi connectivity index (χ0) is 13.7. The second-order valence-electron chi connectivity index (χ2n) is 4.15. The number of halogens is 1. The Labute approximate surface area is 117 Å². The highest BCUT2D eigenvalue weighted by molar-refractivity contribution is 6.33. The molecule has 0 radical (unpaired) electrons. The second-order valence-corrected chi connectivity index (χ2v) is 4.55. The Bertz CT molecular complexity index is 552. The van der Waals surface area contributed by atoms with Crippen LogP contribution in [0.25, 0.3) is 0 Å². The van der Waals surface area contributed by atoms with Crippen molar-refractivity contribution in [3.8, 4) is 0 Å². The molecule has 0 bridgehead atoms. The van der Waals surface area contributed by atoms with Crippen molar-refractivity contribution < 1.29 is 4.79 Å². The van der Waals surface area contributed by atoms with E-state index in [4.69, 9.17) is 11.6 Å². The molecule has 100 valence electrons. The molecule has 1 amide bonds. The topological polar surface area (TPSA) is 56.9 Å². The highest BCUT2D eigenvalue weighted by Crippen LogP contribution is 2.26. The van der Waals surface area contributed by atoms with Crippen molar-refractivity contribution in [1.29, 1.82) is 0 Å². The van der Waals surface area contributed by atoms with Gasteiger partial charge in [0.25, 0.3) is 0 Å². The van der Waals surface area contributed by atoms with E-state index in [0.717, 1.165) is 17.1 Å². The van der Waals surface area contributed by atoms with Crippen LogP contribution in [0.5, 0.6) is 0 Å². The first-order valence-electron chi connectivity index (χ1n) is 6.14. The summed E-state index contributed by atoms with van der Waals surface area (Å²) in [4.78, 5) is 14.5. The lowest BCUT2D eigenvalue weighted by Gasteiger charge is -2.10. The lowest BCUT2D eigenvalue weighted by atomic mass is 10.2. The fourth-order valence-electron chi connectivity index (χ4n) is 1.66. The van der Waals surface area contributed by atoms with Crippen LogP contribution in [-0.2, 0) is 11.3 Å². The lowest BCUT2D eigenvalue weighted by Crippen LogP contribution is -2.09. The van der Waals surface area contributed by atoms with Crippen molar-refractivity contribution in [1.82, 2.24) is 4.98 Å². The fraction of sp³-hybridized carbons (Fsp3) is 0.214. The third kappa shape index (κ3) is 3.76. The number of rotatable bonds is 5. The van der Waals surface area contributed by atoms with Crippen LogP contribution in [-0.4, -0.2) is 10.9 Å². The van der Waals surface area contributed by atoms with Gasteiger partial charge in [-0.25, -0.2) is 0 Å². The average Bonchev–Trinajstić information content (AvgIpc) is 2.92. The Hall–Kier alpha value is -1.94. The highest BCUT2D eigenvalue weighted by Gasteiger charge is 2.04. The van der Waals surface area contributed by atoms with Gasteiger partial charge in [-0.05, 0) is 30.3 Å². The van der Waals surface area contributed by atoms with Crippen LogP contribution in [0.15, 0.2) is 36.5 Å². The summed E-state index contributed by atoms with van der Waals surface area (Å²) in [6.07, 6.45) is 2.32. The molecule has 19 heavy (non-hydrogen) atoms. The molecule has 1 aromatic carbocycles. The van der Waals surface area contributed by atoms with Crippen molar-refractivity contribution in [2.45, 2.75) is 19.9 Å². The molecule has 1 heterocycles. The third-order valence-electron chi connectivity index (χ3n) is 2.70. The molecule has 0 fully saturated rings. The average molecular weight is 278 g/mol. The summed E-state index contributed by atoms with van der Waals surface area (Å²) >= 11 is 6.12. The normalized spacial score (nSPS) is 10.2. The number of amides is 1. The predicted molar refractivity (Wildman–Crippen MR) is 78.5 cm³/mol. The molecule has 2 rings (SSSR count). The molecule has 5 heteroatoms. The molecule has 0 saturated carbocycles. The molecule has 2 aromatic rings. The summed E-state index contributed by atoms with van der Waals surface area (Å²) in [7, 11) is 0. The van der Waals surface area contributed by atoms with E-state index < -0.39 is 0 Å². The number of carbonyl (C=O) groups excluding carboxylic acids is 1. The molecule has 0 atom stereocenters. The van der Waals surface area contributed by atoms with Gasteiger partial charge in [-0.15, -0.1) is 0 Å². The van der Waals surface area contributed by atoms with Crippen molar-refractivity contribution in [2.24, 2.45) is 0 Å². The van der Waals surface area contributed by atoms with Crippen LogP contribution in [0.4, 0.5) is 11.4 Å². The predicted octanol–water partition coefficient (Wildman–Crippen LogP) is 3.63. The monoisotopic (exact) mass is 277 g/mol. The van der Waals surface area contributed by atoms with E-state index in [1.54, 1.807) is 12.1 Å². The first-order valence-corrected chi connectivity index (χ1v) is 6.52. The minimum absolute atomic E-state index is 0.0161. The Morgan fingerprint density at radius 3 is 2.89 bits per heavy atom. The Morgan fingerprint density at radius 2 is 2.21 bits per heavy atom. The molecule has 0 aliphatic carbocycles. The van der Waals surface area contributed by atoms with E-state index in [2.05, 4.69) is 15.6 Å². The molecule has 0 aliphatic heterocycles. The minimum atomic E-state index is -0.0161. The fourth-order valence-corrected chi connectivity index (χ4v) is 1.84. The maximum absolute atomic E-state index is 11.4. The summed E-state index contributed by atoms with van der Waals surface area (Å²) in [6, 6.07) is 9.32. The van der Waals surface area contributed by atoms with E-state index in [1.165, 1.54) is 0 Å². The number of benzene rings is 1. The van der Waals surface area contributed by atoms with Gasteiger partial charge >= 0.3 is 0 Å². The molecule has 0 spiro atoms. The number of hydrogen-bond donors (Lipinski definition) is 3. The molecule has 0 saturated heterocycles. The largest absolute Gasteiger partial charge is 0.378 e. The lowest BCUT2D eigenvalue weighted by molar-refractivity contribution is -0.115. The molecule has 3 N–H and O–H groups in total. The Morgan fingerprint density at radius 1 is 1.37 bits per heavy atom. The molecule has 0 aliphatic rings. The number of H-pyrrole nitrogens is 1. The quantitative estimate of drug-likeness (QED) is 0.782. The number of aromatic nitrogens is 1. The molecular weight excluding hydrogens is 262 g/mol. The number of nitrogens with one attached hydrogen (secondary N) is 3. The van der Waals surface area contributed by atoms with E-state index >= 15 is 0 Å². The Kier molecular flexibility index (Phi) is 4.47. The molecule has 4 nitrogen and oxygen atoms in total. The van der Waals surface area contributed by atoms with Gasteiger partial charge < -0.3 is 15.6 Å². The SMILES string of the molecule is CCC(=O)Nc1ccc(Cl)c(NCc2ccc[nH]2)c1. The highest BCUT2D eigenvalue weighted by atomic mass is 35.5. The van der Waals surface area contributed by atoms with Crippen LogP contribution in [0.3, 0.4) is 0 Å². The van der Waals surface area contributed by atoms with Crippen LogP contribution >= 0.6 is 11.6 Å². The number of carbonyl (C=O) groups is 1. The number of aromatic amines is 1. The van der Waals surface area contributed by atoms with Crippen LogP contribution in [0.2, 0.25) is 5.02 Å². The van der Waals surface area contributed by atoms with E-state index in [9.17, 15) is 4.79 Å². The number of hydrogen-bond acceptors (Lipinski definition) is 2. The summed E-state index contributed by atoms with van der Waals surface area (Å²) < 4.78 is 0. The molecular formula is C14H16ClN3O. The standard InChI is InChI=1S/C14H16ClN3O/c1-2-14(19)18-10-5-6-12(15)13(8-10)17-9-11-4-3-7-16-11/h3-8,16-17H,2,9H2,1H3,(H,18,19). The summed E-state index contributed by atoms with van der Waals surface area (Å²) in [5, 5.41) is 6.67. The first-order chi connectivity index (χ1) is 9.19. The van der Waals surface area contributed by atoms with Crippen molar-refractivity contribution in [2.75, 3.05) is 10.6 Å². The van der Waals surface area contributed by atoms with Gasteiger partial charge in [-0.2, -0.15) is 0 Å². The summed E-state index contributed by atoms with van der Waals surface area (Å²) in [5.74, 6) is -0.0161. The van der Waals surface area contributed by atoms with E-state index in [1.807, 2.05) is 31.3 Å². The second kappa shape index (κ2) is 6.29. The van der Waals surface area contributed by atoms with Crippen molar-refractivity contribution in [3.05, 3.63) is 47.2 Å². The van der Waals surface area contributed by atoms with Gasteiger partial charge in [-0.1, -0.05) is 18.5 Å². The zero-order valence-electron chi connectivity index (χ0n) is 10.7. The van der Waals surface area contributed by atoms with Crippen LogP contribution in [0.1, 0.15) is 19.0 Å². The number of anilines is 2. The third-order valence-corrected chi connectivity index (χ3v) is 3.03. The van der Waals surface area contributed by atoms with Gasteiger partial charge in [0.2, 0.25) is 5.91 Å². The van der Waals surface area contributed by atoms with Crippen molar-refractivity contribution >= 4 is 28.9 Å². The van der Waals surface area contributed by atoms with Gasteiger partial charge in [-0.3, -0.25) is 4.79 Å². The summed E-state index contributed by atoms with van der Waals surface area (Å²) in [6.45, 7) is 2.47. The van der Waals surface area contributed by atoms with Crippen LogP contribution < -0.4 is 10.6 Å². The first kappa shape index (κ1) is 13.5. The smallest absolute Gasteiger partial charge is 0.224 e.